The number of rotatable bonds is 7. The Morgan fingerprint density at radius 2 is 2.00 bits per heavy atom. The summed E-state index contributed by atoms with van der Waals surface area (Å²) in [6.07, 6.45) is 5.30. The molecule has 21 heavy (non-hydrogen) atoms. The van der Waals surface area contributed by atoms with E-state index < -0.39 is 0 Å². The van der Waals surface area contributed by atoms with E-state index in [0.717, 1.165) is 12.5 Å². The third-order valence-corrected chi connectivity index (χ3v) is 5.07. The maximum atomic E-state index is 3.82. The number of nitrogens with one attached hydrogen (secondary N) is 1. The number of hydrogen-bond acceptors (Lipinski definition) is 2. The molecule has 0 bridgehead atoms. The predicted molar refractivity (Wildman–Crippen MR) is 89.5 cm³/mol. The molecule has 0 aliphatic heterocycles. The van der Waals surface area contributed by atoms with Crippen LogP contribution in [0.15, 0.2) is 24.3 Å². The summed E-state index contributed by atoms with van der Waals surface area (Å²) in [5, 5.41) is 3.82. The van der Waals surface area contributed by atoms with E-state index in [4.69, 9.17) is 0 Å². The summed E-state index contributed by atoms with van der Waals surface area (Å²) in [5.74, 6) is 0.961. The highest BCUT2D eigenvalue weighted by molar-refractivity contribution is 5.37. The van der Waals surface area contributed by atoms with Gasteiger partial charge in [-0.15, -0.1) is 0 Å². The fourth-order valence-corrected chi connectivity index (χ4v) is 3.76. The van der Waals surface area contributed by atoms with Crippen molar-refractivity contribution in [3.8, 4) is 0 Å². The lowest BCUT2D eigenvalue weighted by atomic mass is 10.0. The van der Waals surface area contributed by atoms with Crippen molar-refractivity contribution >= 4 is 0 Å². The number of benzene rings is 1. The molecule has 2 atom stereocenters. The highest BCUT2D eigenvalue weighted by Crippen LogP contribution is 2.38. The zero-order chi connectivity index (χ0) is 14.8. The molecule has 0 saturated heterocycles. The van der Waals surface area contributed by atoms with Crippen molar-refractivity contribution in [1.82, 2.24) is 10.2 Å². The second-order valence-corrected chi connectivity index (χ2v) is 7.14. The van der Waals surface area contributed by atoms with E-state index in [-0.39, 0.29) is 0 Å². The molecular formula is C19H30N2. The minimum absolute atomic E-state index is 0.516. The van der Waals surface area contributed by atoms with Crippen LogP contribution in [-0.4, -0.2) is 30.1 Å². The predicted octanol–water partition coefficient (Wildman–Crippen LogP) is 3.77. The quantitative estimate of drug-likeness (QED) is 0.821. The first-order chi connectivity index (χ1) is 10.2. The summed E-state index contributed by atoms with van der Waals surface area (Å²) in [5.41, 5.74) is 3.09. The molecule has 116 valence electrons. The van der Waals surface area contributed by atoms with Gasteiger partial charge in [0.05, 0.1) is 0 Å². The topological polar surface area (TPSA) is 15.3 Å². The van der Waals surface area contributed by atoms with Crippen molar-refractivity contribution in [2.75, 3.05) is 13.1 Å². The van der Waals surface area contributed by atoms with Gasteiger partial charge in [0.25, 0.3) is 0 Å². The van der Waals surface area contributed by atoms with Crippen molar-refractivity contribution in [1.29, 1.82) is 0 Å². The maximum absolute atomic E-state index is 3.82. The lowest BCUT2D eigenvalue weighted by molar-refractivity contribution is 0.122. The van der Waals surface area contributed by atoms with Gasteiger partial charge in [0.15, 0.2) is 0 Å². The van der Waals surface area contributed by atoms with E-state index in [0.29, 0.717) is 18.1 Å². The minimum atomic E-state index is 0.516. The molecule has 2 heteroatoms. The van der Waals surface area contributed by atoms with Crippen LogP contribution < -0.4 is 5.32 Å². The fourth-order valence-electron chi connectivity index (χ4n) is 3.76. The van der Waals surface area contributed by atoms with Crippen molar-refractivity contribution in [2.24, 2.45) is 5.92 Å². The van der Waals surface area contributed by atoms with E-state index in [2.05, 4.69) is 55.3 Å². The second kappa shape index (κ2) is 6.50. The minimum Gasteiger partial charge on any atom is -0.309 e. The molecule has 1 N–H and O–H groups in total. The van der Waals surface area contributed by atoms with Gasteiger partial charge >= 0.3 is 0 Å². The number of hydrogen-bond donors (Lipinski definition) is 1. The Labute approximate surface area is 129 Å². The largest absolute Gasteiger partial charge is 0.309 e. The Kier molecular flexibility index (Phi) is 4.66. The lowest BCUT2D eigenvalue weighted by Gasteiger charge is -2.37. The molecule has 1 aromatic carbocycles. The standard InChI is InChI=1S/C19H30N2/c1-4-11-20-19-17-8-6-5-7-16(17)12-18(19)21(14(2)3)13-15-9-10-15/h5-8,14-15,18-20H,4,9-13H2,1-3H3. The van der Waals surface area contributed by atoms with Crippen LogP contribution in [0.25, 0.3) is 0 Å². The lowest BCUT2D eigenvalue weighted by Crippen LogP contribution is -2.47. The third kappa shape index (κ3) is 3.32. The van der Waals surface area contributed by atoms with Gasteiger partial charge in [-0.3, -0.25) is 4.90 Å². The molecule has 0 heterocycles. The Morgan fingerprint density at radius 3 is 2.67 bits per heavy atom. The van der Waals surface area contributed by atoms with Crippen molar-refractivity contribution in [3.63, 3.8) is 0 Å². The molecule has 1 aromatic rings. The van der Waals surface area contributed by atoms with Crippen molar-refractivity contribution in [2.45, 2.75) is 64.6 Å². The van der Waals surface area contributed by atoms with E-state index in [1.807, 2.05) is 0 Å². The van der Waals surface area contributed by atoms with Crippen LogP contribution in [-0.2, 0) is 6.42 Å². The average Bonchev–Trinajstić information content (AvgIpc) is 3.23. The van der Waals surface area contributed by atoms with Crippen molar-refractivity contribution < 1.29 is 0 Å². The molecular weight excluding hydrogens is 256 g/mol. The smallest absolute Gasteiger partial charge is 0.0484 e. The van der Waals surface area contributed by atoms with Crippen LogP contribution in [0.5, 0.6) is 0 Å². The van der Waals surface area contributed by atoms with Gasteiger partial charge in [0.1, 0.15) is 0 Å². The summed E-state index contributed by atoms with van der Waals surface area (Å²) in [6.45, 7) is 9.39. The Hall–Kier alpha value is -0.860. The molecule has 2 nitrogen and oxygen atoms in total. The Balaban J connectivity index is 1.81. The maximum Gasteiger partial charge on any atom is 0.0484 e. The molecule has 2 unspecified atom stereocenters. The average molecular weight is 286 g/mol. The van der Waals surface area contributed by atoms with E-state index in [1.165, 1.54) is 37.8 Å². The van der Waals surface area contributed by atoms with E-state index in [9.17, 15) is 0 Å². The van der Waals surface area contributed by atoms with Gasteiger partial charge in [-0.25, -0.2) is 0 Å². The van der Waals surface area contributed by atoms with Crippen LogP contribution in [0.1, 0.15) is 57.2 Å². The van der Waals surface area contributed by atoms with E-state index in [1.54, 1.807) is 5.56 Å². The van der Waals surface area contributed by atoms with Crippen LogP contribution in [0.2, 0.25) is 0 Å². The number of nitrogens with zero attached hydrogens (tertiary/aromatic N) is 1. The normalized spacial score (nSPS) is 24.8. The van der Waals surface area contributed by atoms with Crippen LogP contribution in [0, 0.1) is 5.92 Å². The number of fused-ring (bicyclic) bond motifs is 1. The Morgan fingerprint density at radius 1 is 1.24 bits per heavy atom. The zero-order valence-electron chi connectivity index (χ0n) is 13.8. The first-order valence-electron chi connectivity index (χ1n) is 8.77. The molecule has 0 radical (unpaired) electrons. The van der Waals surface area contributed by atoms with E-state index >= 15 is 0 Å². The van der Waals surface area contributed by atoms with Gasteiger partial charge < -0.3 is 5.32 Å². The first-order valence-corrected chi connectivity index (χ1v) is 8.77. The molecule has 2 aliphatic rings. The molecule has 2 aliphatic carbocycles. The van der Waals surface area contributed by atoms with Gasteiger partial charge in [0, 0.05) is 24.7 Å². The third-order valence-electron chi connectivity index (χ3n) is 5.07. The van der Waals surface area contributed by atoms with Gasteiger partial charge in [-0.1, -0.05) is 31.2 Å². The SMILES string of the molecule is CCCNC1c2ccccc2CC1N(CC1CC1)C(C)C. The molecule has 0 spiro atoms. The van der Waals surface area contributed by atoms with Gasteiger partial charge in [0.2, 0.25) is 0 Å². The molecule has 3 rings (SSSR count). The molecule has 1 saturated carbocycles. The van der Waals surface area contributed by atoms with Crippen molar-refractivity contribution in [3.05, 3.63) is 35.4 Å². The summed E-state index contributed by atoms with van der Waals surface area (Å²) < 4.78 is 0. The summed E-state index contributed by atoms with van der Waals surface area (Å²) in [4.78, 5) is 2.77. The molecule has 0 aromatic heterocycles. The highest BCUT2D eigenvalue weighted by Gasteiger charge is 2.38. The Bertz CT molecular complexity index is 464. The summed E-state index contributed by atoms with van der Waals surface area (Å²) in [7, 11) is 0. The van der Waals surface area contributed by atoms with Crippen LogP contribution >= 0.6 is 0 Å². The zero-order valence-corrected chi connectivity index (χ0v) is 13.8. The van der Waals surface area contributed by atoms with Gasteiger partial charge in [-0.2, -0.15) is 0 Å². The fraction of sp³-hybridized carbons (Fsp3) is 0.684. The molecule has 1 fully saturated rings. The summed E-state index contributed by atoms with van der Waals surface area (Å²) >= 11 is 0. The van der Waals surface area contributed by atoms with Crippen LogP contribution in [0.3, 0.4) is 0 Å². The highest BCUT2D eigenvalue weighted by atomic mass is 15.2. The second-order valence-electron chi connectivity index (χ2n) is 7.14. The first kappa shape index (κ1) is 15.1. The van der Waals surface area contributed by atoms with Gasteiger partial charge in [-0.05, 0) is 63.1 Å². The van der Waals surface area contributed by atoms with Crippen LogP contribution in [0.4, 0.5) is 0 Å². The summed E-state index contributed by atoms with van der Waals surface area (Å²) in [6, 6.07) is 10.8. The molecule has 0 amide bonds. The monoisotopic (exact) mass is 286 g/mol.